The van der Waals surface area contributed by atoms with Crippen molar-refractivity contribution in [3.8, 4) is 5.75 Å². The summed E-state index contributed by atoms with van der Waals surface area (Å²) in [6, 6.07) is 10.4. The first kappa shape index (κ1) is 23.9. The van der Waals surface area contributed by atoms with Gasteiger partial charge in [0, 0.05) is 18.5 Å². The average Bonchev–Trinajstić information content (AvgIpc) is 2.80. The lowest BCUT2D eigenvalue weighted by molar-refractivity contribution is -0.149. The van der Waals surface area contributed by atoms with E-state index in [4.69, 9.17) is 9.47 Å². The van der Waals surface area contributed by atoms with E-state index < -0.39 is 22.0 Å². The summed E-state index contributed by atoms with van der Waals surface area (Å²) in [5.41, 5.74) is 0.418. The van der Waals surface area contributed by atoms with Gasteiger partial charge in [-0.2, -0.15) is 4.31 Å². The number of hydrogen-bond donors (Lipinski definition) is 0. The molecular weight excluding hydrogens is 437 g/mol. The molecule has 1 fully saturated rings. The highest BCUT2D eigenvalue weighted by Gasteiger charge is 2.38. The highest BCUT2D eigenvalue weighted by molar-refractivity contribution is 7.89. The van der Waals surface area contributed by atoms with Gasteiger partial charge in [-0.1, -0.05) is 12.1 Å². The van der Waals surface area contributed by atoms with E-state index in [1.165, 1.54) is 59.8 Å². The lowest BCUT2D eigenvalue weighted by atomic mass is 10.1. The van der Waals surface area contributed by atoms with Crippen LogP contribution in [-0.2, 0) is 19.6 Å². The Bertz CT molecular complexity index is 1040. The van der Waals surface area contributed by atoms with Crippen molar-refractivity contribution in [1.82, 2.24) is 4.31 Å². The summed E-state index contributed by atoms with van der Waals surface area (Å²) in [4.78, 5) is 24.1. The number of ether oxygens (including phenoxy) is 2. The van der Waals surface area contributed by atoms with Crippen molar-refractivity contribution in [2.45, 2.75) is 43.5 Å². The molecule has 0 aliphatic carbocycles. The average molecular weight is 464 g/mol. The van der Waals surface area contributed by atoms with Crippen molar-refractivity contribution < 1.29 is 31.9 Å². The standard InChI is InChI=1S/C23H26FNO6S/c1-17(26)18-6-12-21(13-7-18)32(28,29)25-14-3-2-5-22(25)23(27)31-16-4-15-30-20-10-8-19(24)9-11-20/h6-13,22H,2-5,14-16H2,1H3. The Morgan fingerprint density at radius 2 is 1.72 bits per heavy atom. The molecule has 0 saturated carbocycles. The number of rotatable bonds is 9. The van der Waals surface area contributed by atoms with Gasteiger partial charge in [-0.3, -0.25) is 9.59 Å². The van der Waals surface area contributed by atoms with E-state index in [0.29, 0.717) is 30.6 Å². The molecule has 2 aromatic rings. The van der Waals surface area contributed by atoms with Crippen LogP contribution in [0.3, 0.4) is 0 Å². The van der Waals surface area contributed by atoms with Crippen molar-refractivity contribution in [3.63, 3.8) is 0 Å². The number of sulfonamides is 1. The zero-order chi connectivity index (χ0) is 23.1. The lowest BCUT2D eigenvalue weighted by Gasteiger charge is -2.33. The lowest BCUT2D eigenvalue weighted by Crippen LogP contribution is -2.48. The molecule has 0 amide bonds. The minimum atomic E-state index is -3.91. The number of benzene rings is 2. The Kier molecular flexibility index (Phi) is 7.98. The van der Waals surface area contributed by atoms with Crippen LogP contribution < -0.4 is 4.74 Å². The molecule has 1 saturated heterocycles. The fraction of sp³-hybridized carbons (Fsp3) is 0.391. The molecule has 172 valence electrons. The van der Waals surface area contributed by atoms with Gasteiger partial charge in [0.1, 0.15) is 17.6 Å². The first-order chi connectivity index (χ1) is 15.3. The quantitative estimate of drug-likeness (QED) is 0.321. The molecule has 32 heavy (non-hydrogen) atoms. The second kappa shape index (κ2) is 10.7. The van der Waals surface area contributed by atoms with Crippen molar-refractivity contribution >= 4 is 21.8 Å². The molecule has 1 unspecified atom stereocenters. The Balaban J connectivity index is 1.56. The molecule has 1 heterocycles. The maximum Gasteiger partial charge on any atom is 0.324 e. The third-order valence-corrected chi connectivity index (χ3v) is 7.13. The summed E-state index contributed by atoms with van der Waals surface area (Å²) < 4.78 is 51.1. The van der Waals surface area contributed by atoms with E-state index in [2.05, 4.69) is 0 Å². The monoisotopic (exact) mass is 463 g/mol. The molecule has 7 nitrogen and oxygen atoms in total. The van der Waals surface area contributed by atoms with E-state index in [1.54, 1.807) is 0 Å². The van der Waals surface area contributed by atoms with Gasteiger partial charge in [-0.25, -0.2) is 12.8 Å². The SMILES string of the molecule is CC(=O)c1ccc(S(=O)(=O)N2CCCCC2C(=O)OCCCOc2ccc(F)cc2)cc1. The largest absolute Gasteiger partial charge is 0.493 e. The van der Waals surface area contributed by atoms with Crippen molar-refractivity contribution in [2.24, 2.45) is 0 Å². The van der Waals surface area contributed by atoms with Crippen LogP contribution in [-0.4, -0.2) is 50.3 Å². The molecule has 3 rings (SSSR count). The molecule has 0 radical (unpaired) electrons. The summed E-state index contributed by atoms with van der Waals surface area (Å²) >= 11 is 0. The first-order valence-electron chi connectivity index (χ1n) is 10.5. The molecule has 0 N–H and O–H groups in total. The second-order valence-corrected chi connectivity index (χ2v) is 9.42. The number of esters is 1. The Hall–Kier alpha value is -2.78. The van der Waals surface area contributed by atoms with Gasteiger partial charge in [0.15, 0.2) is 5.78 Å². The number of ketones is 1. The smallest absolute Gasteiger partial charge is 0.324 e. The van der Waals surface area contributed by atoms with E-state index >= 15 is 0 Å². The molecule has 1 atom stereocenters. The van der Waals surface area contributed by atoms with Crippen LogP contribution in [0.4, 0.5) is 4.39 Å². The minimum absolute atomic E-state index is 0.0369. The summed E-state index contributed by atoms with van der Waals surface area (Å²) in [7, 11) is -3.91. The summed E-state index contributed by atoms with van der Waals surface area (Å²) in [5.74, 6) is -0.585. The van der Waals surface area contributed by atoms with Gasteiger partial charge in [-0.15, -0.1) is 0 Å². The number of halogens is 1. The van der Waals surface area contributed by atoms with E-state index in [9.17, 15) is 22.4 Å². The van der Waals surface area contributed by atoms with Crippen LogP contribution in [0.1, 0.15) is 43.0 Å². The van der Waals surface area contributed by atoms with Gasteiger partial charge in [0.25, 0.3) is 0 Å². The number of Topliss-reactive ketones (excluding diaryl/α,β-unsaturated/α-hetero) is 1. The third-order valence-electron chi connectivity index (χ3n) is 5.21. The highest BCUT2D eigenvalue weighted by Crippen LogP contribution is 2.26. The molecule has 0 aromatic heterocycles. The number of nitrogens with zero attached hydrogens (tertiary/aromatic N) is 1. The van der Waals surface area contributed by atoms with E-state index in [0.717, 1.165) is 6.42 Å². The maximum absolute atomic E-state index is 13.1. The normalized spacial score (nSPS) is 17.0. The molecule has 2 aromatic carbocycles. The summed E-state index contributed by atoms with van der Waals surface area (Å²) in [6.45, 7) is 1.99. The van der Waals surface area contributed by atoms with Gasteiger partial charge in [0.2, 0.25) is 10.0 Å². The molecule has 1 aliphatic rings. The zero-order valence-corrected chi connectivity index (χ0v) is 18.6. The van der Waals surface area contributed by atoms with E-state index in [1.807, 2.05) is 0 Å². The van der Waals surface area contributed by atoms with Gasteiger partial charge in [0.05, 0.1) is 18.1 Å². The fourth-order valence-corrected chi connectivity index (χ4v) is 5.12. The third kappa shape index (κ3) is 5.92. The van der Waals surface area contributed by atoms with Gasteiger partial charge in [-0.05, 0) is 62.6 Å². The molecule has 0 bridgehead atoms. The summed E-state index contributed by atoms with van der Waals surface area (Å²) in [6.07, 6.45) is 2.17. The Morgan fingerprint density at radius 1 is 1.03 bits per heavy atom. The fourth-order valence-electron chi connectivity index (χ4n) is 3.47. The van der Waals surface area contributed by atoms with Crippen LogP contribution in [0.25, 0.3) is 0 Å². The topological polar surface area (TPSA) is 90.0 Å². The number of carbonyl (C=O) groups is 2. The predicted octanol–water partition coefficient (Wildman–Crippen LogP) is 3.58. The van der Waals surface area contributed by atoms with Crippen LogP contribution in [0, 0.1) is 5.82 Å². The van der Waals surface area contributed by atoms with Gasteiger partial charge < -0.3 is 9.47 Å². The molecule has 1 aliphatic heterocycles. The van der Waals surface area contributed by atoms with Crippen LogP contribution in [0.15, 0.2) is 53.4 Å². The number of piperidine rings is 1. The van der Waals surface area contributed by atoms with E-state index in [-0.39, 0.29) is 36.3 Å². The molecule has 0 spiro atoms. The van der Waals surface area contributed by atoms with Crippen LogP contribution >= 0.6 is 0 Å². The zero-order valence-electron chi connectivity index (χ0n) is 17.8. The first-order valence-corrected chi connectivity index (χ1v) is 11.9. The van der Waals surface area contributed by atoms with Crippen LogP contribution in [0.2, 0.25) is 0 Å². The van der Waals surface area contributed by atoms with Crippen molar-refractivity contribution in [3.05, 3.63) is 59.9 Å². The summed E-state index contributed by atoms with van der Waals surface area (Å²) in [5, 5.41) is 0. The van der Waals surface area contributed by atoms with Crippen LogP contribution in [0.5, 0.6) is 5.75 Å². The Morgan fingerprint density at radius 3 is 2.38 bits per heavy atom. The molecule has 9 heteroatoms. The highest BCUT2D eigenvalue weighted by atomic mass is 32.2. The number of hydrogen-bond acceptors (Lipinski definition) is 6. The maximum atomic E-state index is 13.1. The van der Waals surface area contributed by atoms with Gasteiger partial charge >= 0.3 is 5.97 Å². The second-order valence-electron chi connectivity index (χ2n) is 7.53. The molecular formula is C23H26FNO6S. The predicted molar refractivity (Wildman–Crippen MR) is 115 cm³/mol. The van der Waals surface area contributed by atoms with Crippen molar-refractivity contribution in [1.29, 1.82) is 0 Å². The Labute approximate surface area is 187 Å². The minimum Gasteiger partial charge on any atom is -0.493 e. The van der Waals surface area contributed by atoms with Crippen molar-refractivity contribution in [2.75, 3.05) is 19.8 Å². The number of carbonyl (C=O) groups excluding carboxylic acids is 2.